The number of sulfonamides is 1. The van der Waals surface area contributed by atoms with Gasteiger partial charge in [-0.15, -0.1) is 0 Å². The number of ether oxygens (including phenoxy) is 1. The van der Waals surface area contributed by atoms with E-state index in [-0.39, 0.29) is 23.0 Å². The van der Waals surface area contributed by atoms with Gasteiger partial charge in [0.05, 0.1) is 17.6 Å². The number of nitrogens with zero attached hydrogens (tertiary/aromatic N) is 1. The second-order valence-corrected chi connectivity index (χ2v) is 10.1. The zero-order valence-electron chi connectivity index (χ0n) is 18.6. The third-order valence-corrected chi connectivity index (χ3v) is 8.03. The molecule has 1 aliphatic heterocycles. The highest BCUT2D eigenvalue weighted by atomic mass is 32.2. The number of carbonyl (C=O) groups excluding carboxylic acids is 1. The Hall–Kier alpha value is -3.17. The van der Waals surface area contributed by atoms with Crippen molar-refractivity contribution in [3.8, 4) is 5.75 Å². The summed E-state index contributed by atoms with van der Waals surface area (Å²) in [7, 11) is -2.14. The van der Waals surface area contributed by atoms with E-state index in [0.717, 1.165) is 24.8 Å². The van der Waals surface area contributed by atoms with E-state index in [2.05, 4.69) is 10.3 Å². The van der Waals surface area contributed by atoms with Crippen molar-refractivity contribution in [2.24, 2.45) is 0 Å². The molecule has 1 amide bonds. The number of aromatic amines is 1. The average Bonchev–Trinajstić information content (AvgIpc) is 2.82. The van der Waals surface area contributed by atoms with Crippen molar-refractivity contribution in [2.75, 3.05) is 13.7 Å². The third kappa shape index (κ3) is 4.79. The Morgan fingerprint density at radius 1 is 1.15 bits per heavy atom. The fraction of sp³-hybridized carbons (Fsp3) is 0.333. The summed E-state index contributed by atoms with van der Waals surface area (Å²) in [5, 5.41) is 3.19. The standard InChI is InChI=1S/C24H27N3O5S/c1-16-5-3-4-12-27(16)33(30,31)19-10-11-22-20(13-19)21(14-23(28)26-22)24(29)25-15-17-6-8-18(32-2)9-7-17/h6-11,13-14,16H,3-5,12,15H2,1-2H3,(H,25,29)(H,26,28)/t16-/m0/s1. The number of aromatic nitrogens is 1. The lowest BCUT2D eigenvalue weighted by Crippen LogP contribution is -2.41. The number of nitrogens with one attached hydrogen (secondary N) is 2. The van der Waals surface area contributed by atoms with Crippen LogP contribution in [-0.2, 0) is 16.6 Å². The van der Waals surface area contributed by atoms with Crippen molar-refractivity contribution in [2.45, 2.75) is 43.7 Å². The summed E-state index contributed by atoms with van der Waals surface area (Å²) in [4.78, 5) is 27.9. The summed E-state index contributed by atoms with van der Waals surface area (Å²) >= 11 is 0. The number of benzene rings is 2. The van der Waals surface area contributed by atoms with E-state index in [1.165, 1.54) is 22.5 Å². The molecule has 4 rings (SSSR count). The number of carbonyl (C=O) groups is 1. The molecule has 1 aliphatic rings. The molecule has 9 heteroatoms. The molecule has 0 radical (unpaired) electrons. The van der Waals surface area contributed by atoms with Gasteiger partial charge in [-0.3, -0.25) is 9.59 Å². The lowest BCUT2D eigenvalue weighted by molar-refractivity contribution is 0.0952. The SMILES string of the molecule is COc1ccc(CNC(=O)c2cc(=O)[nH]c3ccc(S(=O)(=O)N4CCCC[C@@H]4C)cc23)cc1. The molecule has 2 N–H and O–H groups in total. The minimum Gasteiger partial charge on any atom is -0.497 e. The van der Waals surface area contributed by atoms with Crippen LogP contribution in [0.5, 0.6) is 5.75 Å². The molecule has 0 spiro atoms. The minimum absolute atomic E-state index is 0.0812. The van der Waals surface area contributed by atoms with Gasteiger partial charge in [0.15, 0.2) is 0 Å². The number of rotatable bonds is 6. The van der Waals surface area contributed by atoms with E-state index in [4.69, 9.17) is 4.74 Å². The summed E-state index contributed by atoms with van der Waals surface area (Å²) in [5.74, 6) is 0.255. The molecule has 1 atom stereocenters. The van der Waals surface area contributed by atoms with E-state index in [9.17, 15) is 18.0 Å². The summed E-state index contributed by atoms with van der Waals surface area (Å²) in [6.45, 7) is 2.63. The Balaban J connectivity index is 1.66. The molecule has 0 bridgehead atoms. The summed E-state index contributed by atoms with van der Waals surface area (Å²) in [5.41, 5.74) is 0.965. The maximum Gasteiger partial charge on any atom is 0.252 e. The Labute approximate surface area is 192 Å². The van der Waals surface area contributed by atoms with Crippen molar-refractivity contribution in [3.05, 3.63) is 70.0 Å². The highest BCUT2D eigenvalue weighted by Crippen LogP contribution is 2.27. The normalized spacial score (nSPS) is 17.1. The van der Waals surface area contributed by atoms with Gasteiger partial charge < -0.3 is 15.0 Å². The fourth-order valence-corrected chi connectivity index (χ4v) is 5.89. The Bertz CT molecular complexity index is 1330. The van der Waals surface area contributed by atoms with Crippen LogP contribution in [0, 0.1) is 0 Å². The van der Waals surface area contributed by atoms with Crippen molar-refractivity contribution < 1.29 is 17.9 Å². The molecular weight excluding hydrogens is 442 g/mol. The zero-order chi connectivity index (χ0) is 23.6. The third-order valence-electron chi connectivity index (χ3n) is 6.02. The Morgan fingerprint density at radius 3 is 2.61 bits per heavy atom. The van der Waals surface area contributed by atoms with Crippen molar-refractivity contribution in [1.29, 1.82) is 0 Å². The first-order valence-corrected chi connectivity index (χ1v) is 12.3. The molecule has 0 unspecified atom stereocenters. The fourth-order valence-electron chi connectivity index (χ4n) is 4.17. The molecule has 8 nitrogen and oxygen atoms in total. The van der Waals surface area contributed by atoms with Crippen LogP contribution in [0.15, 0.2) is 58.2 Å². The molecule has 3 aromatic rings. The molecule has 0 aliphatic carbocycles. The van der Waals surface area contributed by atoms with E-state index in [0.29, 0.717) is 23.2 Å². The number of piperidine rings is 1. The van der Waals surface area contributed by atoms with Gasteiger partial charge in [0.1, 0.15) is 5.75 Å². The zero-order valence-corrected chi connectivity index (χ0v) is 19.4. The van der Waals surface area contributed by atoms with Crippen molar-refractivity contribution in [3.63, 3.8) is 0 Å². The molecule has 2 aromatic carbocycles. The topological polar surface area (TPSA) is 109 Å². The van der Waals surface area contributed by atoms with Gasteiger partial charge in [-0.1, -0.05) is 18.6 Å². The monoisotopic (exact) mass is 469 g/mol. The van der Waals surface area contributed by atoms with Gasteiger partial charge in [-0.05, 0) is 55.7 Å². The number of hydrogen-bond acceptors (Lipinski definition) is 5. The molecule has 1 aromatic heterocycles. The molecule has 1 fully saturated rings. The molecule has 174 valence electrons. The number of pyridine rings is 1. The van der Waals surface area contributed by atoms with Crippen LogP contribution in [0.4, 0.5) is 0 Å². The second-order valence-electron chi connectivity index (χ2n) is 8.25. The van der Waals surface area contributed by atoms with Gasteiger partial charge in [0, 0.05) is 36.1 Å². The lowest BCUT2D eigenvalue weighted by Gasteiger charge is -2.32. The average molecular weight is 470 g/mol. The maximum atomic E-state index is 13.3. The second kappa shape index (κ2) is 9.36. The Morgan fingerprint density at radius 2 is 1.91 bits per heavy atom. The lowest BCUT2D eigenvalue weighted by atomic mass is 10.1. The van der Waals surface area contributed by atoms with Gasteiger partial charge in [0.25, 0.3) is 5.91 Å². The first-order valence-electron chi connectivity index (χ1n) is 10.9. The van der Waals surface area contributed by atoms with Crippen LogP contribution in [0.3, 0.4) is 0 Å². The van der Waals surface area contributed by atoms with Crippen LogP contribution >= 0.6 is 0 Å². The number of methoxy groups -OCH3 is 1. The minimum atomic E-state index is -3.72. The van der Waals surface area contributed by atoms with Crippen LogP contribution in [0.25, 0.3) is 10.9 Å². The highest BCUT2D eigenvalue weighted by molar-refractivity contribution is 7.89. The van der Waals surface area contributed by atoms with Crippen LogP contribution in [0.1, 0.15) is 42.1 Å². The number of amides is 1. The smallest absolute Gasteiger partial charge is 0.252 e. The van der Waals surface area contributed by atoms with Gasteiger partial charge >= 0.3 is 0 Å². The summed E-state index contributed by atoms with van der Waals surface area (Å²) in [6.07, 6.45) is 2.65. The van der Waals surface area contributed by atoms with Gasteiger partial charge in [0.2, 0.25) is 15.6 Å². The van der Waals surface area contributed by atoms with Gasteiger partial charge in [-0.2, -0.15) is 4.31 Å². The highest BCUT2D eigenvalue weighted by Gasteiger charge is 2.31. The molecule has 0 saturated carbocycles. The predicted octanol–water partition coefficient (Wildman–Crippen LogP) is 3.03. The van der Waals surface area contributed by atoms with Crippen LogP contribution < -0.4 is 15.6 Å². The predicted molar refractivity (Wildman–Crippen MR) is 126 cm³/mol. The summed E-state index contributed by atoms with van der Waals surface area (Å²) in [6, 6.07) is 12.9. The first kappa shape index (κ1) is 23.0. The van der Waals surface area contributed by atoms with E-state index in [1.54, 1.807) is 25.3 Å². The molecule has 2 heterocycles. The quantitative estimate of drug-likeness (QED) is 0.577. The summed E-state index contributed by atoms with van der Waals surface area (Å²) < 4.78 is 33.2. The van der Waals surface area contributed by atoms with Crippen LogP contribution in [-0.4, -0.2) is 43.3 Å². The molecule has 33 heavy (non-hydrogen) atoms. The van der Waals surface area contributed by atoms with Crippen LogP contribution in [0.2, 0.25) is 0 Å². The van der Waals surface area contributed by atoms with E-state index < -0.39 is 21.5 Å². The maximum absolute atomic E-state index is 13.3. The number of hydrogen-bond donors (Lipinski definition) is 2. The largest absolute Gasteiger partial charge is 0.497 e. The van der Waals surface area contributed by atoms with E-state index >= 15 is 0 Å². The van der Waals surface area contributed by atoms with Crippen molar-refractivity contribution >= 4 is 26.8 Å². The Kier molecular flexibility index (Phi) is 6.53. The first-order chi connectivity index (χ1) is 15.8. The number of fused-ring (bicyclic) bond motifs is 1. The van der Waals surface area contributed by atoms with Crippen molar-refractivity contribution in [1.82, 2.24) is 14.6 Å². The number of H-pyrrole nitrogens is 1. The molecule has 1 saturated heterocycles. The van der Waals surface area contributed by atoms with E-state index in [1.807, 2.05) is 19.1 Å². The molecular formula is C24H27N3O5S. The van der Waals surface area contributed by atoms with Gasteiger partial charge in [-0.25, -0.2) is 8.42 Å².